The molecule has 5 heteroatoms. The van der Waals surface area contributed by atoms with Gasteiger partial charge in [0.1, 0.15) is 0 Å². The lowest BCUT2D eigenvalue weighted by Crippen LogP contribution is -1.94. The Labute approximate surface area is 271 Å². The summed E-state index contributed by atoms with van der Waals surface area (Å²) in [6.45, 7) is 0. The third kappa shape index (κ3) is 5.09. The Hall–Kier alpha value is -6.82. The molecule has 0 unspecified atom stereocenters. The number of fused-ring (bicyclic) bond motifs is 3. The van der Waals surface area contributed by atoms with E-state index in [1.165, 1.54) is 10.8 Å². The van der Waals surface area contributed by atoms with Crippen molar-refractivity contribution < 1.29 is 0 Å². The Bertz CT molecular complexity index is 2390. The van der Waals surface area contributed by atoms with Crippen LogP contribution in [-0.4, -0.2) is 14.5 Å². The summed E-state index contributed by atoms with van der Waals surface area (Å²) >= 11 is 0. The summed E-state index contributed by atoms with van der Waals surface area (Å²) in [7, 11) is 0. The topological polar surface area (TPSA) is 78.3 Å². The number of nitrogens with zero attached hydrogens (tertiary/aromatic N) is 5. The number of hydrogen-bond acceptors (Lipinski definition) is 4. The van der Waals surface area contributed by atoms with Crippen molar-refractivity contribution in [3.05, 3.63) is 163 Å². The maximum absolute atomic E-state index is 9.39. The lowest BCUT2D eigenvalue weighted by atomic mass is 9.98. The van der Waals surface area contributed by atoms with E-state index in [9.17, 15) is 10.5 Å². The number of para-hydroxylation sites is 1. The zero-order valence-corrected chi connectivity index (χ0v) is 25.2. The van der Waals surface area contributed by atoms with E-state index >= 15 is 0 Å². The fourth-order valence-electron chi connectivity index (χ4n) is 6.27. The van der Waals surface area contributed by atoms with Gasteiger partial charge in [0.15, 0.2) is 0 Å². The number of rotatable bonds is 5. The molecule has 0 atom stereocenters. The summed E-state index contributed by atoms with van der Waals surface area (Å²) in [4.78, 5) is 9.03. The standard InChI is InChI=1S/C42H25N5/c43-26-28-16-18-45-39(20-28)34-8-4-6-30(22-34)32-12-14-37-38-15-13-33(25-42(38)47(41(37)24-32)36-10-2-1-3-11-36)31-7-5-9-35(23-31)40-21-29(27-44)17-19-46-40/h1-25H. The molecule has 0 radical (unpaired) electrons. The van der Waals surface area contributed by atoms with Gasteiger partial charge < -0.3 is 4.57 Å². The SMILES string of the molecule is N#Cc1ccnc(-c2cccc(-c3ccc4c5ccc(-c6cccc(-c7cc(C#N)ccn7)c6)cc5n(-c5ccccc5)c4c3)c2)c1. The highest BCUT2D eigenvalue weighted by molar-refractivity contribution is 6.11. The maximum Gasteiger partial charge on any atom is 0.0992 e. The molecule has 8 aromatic rings. The lowest BCUT2D eigenvalue weighted by molar-refractivity contribution is 1.18. The molecule has 0 spiro atoms. The van der Waals surface area contributed by atoms with Crippen molar-refractivity contribution >= 4 is 21.8 Å². The van der Waals surface area contributed by atoms with Gasteiger partial charge in [0.2, 0.25) is 0 Å². The predicted molar refractivity (Wildman–Crippen MR) is 188 cm³/mol. The first kappa shape index (κ1) is 27.7. The molecule has 8 rings (SSSR count). The molecule has 0 amide bonds. The van der Waals surface area contributed by atoms with Gasteiger partial charge in [-0.25, -0.2) is 0 Å². The predicted octanol–water partition coefficient (Wildman–Crippen LogP) is 9.99. The molecule has 47 heavy (non-hydrogen) atoms. The largest absolute Gasteiger partial charge is 0.309 e. The normalized spacial score (nSPS) is 10.9. The van der Waals surface area contributed by atoms with E-state index in [0.29, 0.717) is 11.1 Å². The van der Waals surface area contributed by atoms with Crippen LogP contribution in [0.4, 0.5) is 0 Å². The Morgan fingerprint density at radius 3 is 1.38 bits per heavy atom. The molecule has 0 aliphatic rings. The third-order valence-electron chi connectivity index (χ3n) is 8.54. The number of pyridine rings is 2. The summed E-state index contributed by atoms with van der Waals surface area (Å²) in [5.74, 6) is 0. The van der Waals surface area contributed by atoms with Gasteiger partial charge in [-0.15, -0.1) is 0 Å². The van der Waals surface area contributed by atoms with Gasteiger partial charge in [-0.05, 0) is 82.9 Å². The minimum Gasteiger partial charge on any atom is -0.309 e. The summed E-state index contributed by atoms with van der Waals surface area (Å²) < 4.78 is 2.33. The number of hydrogen-bond donors (Lipinski definition) is 0. The molecule has 3 heterocycles. The highest BCUT2D eigenvalue weighted by atomic mass is 15.0. The third-order valence-corrected chi connectivity index (χ3v) is 8.54. The van der Waals surface area contributed by atoms with Crippen molar-refractivity contribution in [2.45, 2.75) is 0 Å². The van der Waals surface area contributed by atoms with Gasteiger partial charge in [0.25, 0.3) is 0 Å². The minimum absolute atomic E-state index is 0.588. The van der Waals surface area contributed by atoms with E-state index in [2.05, 4.69) is 112 Å². The van der Waals surface area contributed by atoms with E-state index in [-0.39, 0.29) is 0 Å². The van der Waals surface area contributed by atoms with Gasteiger partial charge >= 0.3 is 0 Å². The average molecular weight is 600 g/mol. The first-order valence-corrected chi connectivity index (χ1v) is 15.3. The Kier molecular flexibility index (Phi) is 6.84. The Morgan fingerprint density at radius 2 is 0.894 bits per heavy atom. The smallest absolute Gasteiger partial charge is 0.0992 e. The second-order valence-electron chi connectivity index (χ2n) is 11.4. The van der Waals surface area contributed by atoms with Crippen molar-refractivity contribution in [2.24, 2.45) is 0 Å². The van der Waals surface area contributed by atoms with Crippen LogP contribution in [-0.2, 0) is 0 Å². The van der Waals surface area contributed by atoms with Gasteiger partial charge in [-0.1, -0.05) is 78.9 Å². The molecule has 0 fully saturated rings. The maximum atomic E-state index is 9.39. The van der Waals surface area contributed by atoms with Crippen molar-refractivity contribution in [3.63, 3.8) is 0 Å². The summed E-state index contributed by atoms with van der Waals surface area (Å²) in [5.41, 5.74) is 12.3. The summed E-state index contributed by atoms with van der Waals surface area (Å²) in [6.07, 6.45) is 3.36. The first-order valence-electron chi connectivity index (χ1n) is 15.3. The highest BCUT2D eigenvalue weighted by Crippen LogP contribution is 2.38. The van der Waals surface area contributed by atoms with Gasteiger partial charge in [-0.2, -0.15) is 10.5 Å². The molecule has 0 saturated carbocycles. The van der Waals surface area contributed by atoms with Crippen LogP contribution in [0.2, 0.25) is 0 Å². The minimum atomic E-state index is 0.588. The van der Waals surface area contributed by atoms with E-state index in [0.717, 1.165) is 61.5 Å². The fraction of sp³-hybridized carbons (Fsp3) is 0. The van der Waals surface area contributed by atoms with Crippen LogP contribution < -0.4 is 0 Å². The number of nitriles is 2. The molecule has 3 aromatic heterocycles. The van der Waals surface area contributed by atoms with E-state index in [1.807, 2.05) is 42.5 Å². The monoisotopic (exact) mass is 599 g/mol. The van der Waals surface area contributed by atoms with Crippen LogP contribution in [0.25, 0.3) is 72.3 Å². The van der Waals surface area contributed by atoms with Crippen molar-refractivity contribution in [2.75, 3.05) is 0 Å². The van der Waals surface area contributed by atoms with Gasteiger partial charge in [0, 0.05) is 40.0 Å². The molecular weight excluding hydrogens is 574 g/mol. The zero-order valence-electron chi connectivity index (χ0n) is 25.2. The average Bonchev–Trinajstić information content (AvgIpc) is 3.48. The van der Waals surface area contributed by atoms with Gasteiger partial charge in [0.05, 0.1) is 45.7 Å². The highest BCUT2D eigenvalue weighted by Gasteiger charge is 2.15. The molecule has 0 aliphatic heterocycles. The van der Waals surface area contributed by atoms with Crippen LogP contribution in [0.1, 0.15) is 11.1 Å². The van der Waals surface area contributed by atoms with Crippen LogP contribution in [0.3, 0.4) is 0 Å². The zero-order chi connectivity index (χ0) is 31.7. The molecule has 0 saturated heterocycles. The van der Waals surface area contributed by atoms with Crippen molar-refractivity contribution in [1.29, 1.82) is 10.5 Å². The molecular formula is C42H25N5. The van der Waals surface area contributed by atoms with Crippen molar-refractivity contribution in [1.82, 2.24) is 14.5 Å². The molecule has 5 aromatic carbocycles. The molecule has 0 bridgehead atoms. The Morgan fingerprint density at radius 1 is 0.426 bits per heavy atom. The van der Waals surface area contributed by atoms with Crippen LogP contribution in [0.5, 0.6) is 0 Å². The van der Waals surface area contributed by atoms with Crippen LogP contribution in [0, 0.1) is 22.7 Å². The number of aromatic nitrogens is 3. The second-order valence-corrected chi connectivity index (χ2v) is 11.4. The summed E-state index contributed by atoms with van der Waals surface area (Å²) in [5, 5.41) is 21.1. The van der Waals surface area contributed by atoms with Gasteiger partial charge in [-0.3, -0.25) is 9.97 Å². The molecule has 0 N–H and O–H groups in total. The van der Waals surface area contributed by atoms with Crippen molar-refractivity contribution in [3.8, 4) is 62.6 Å². The van der Waals surface area contributed by atoms with E-state index < -0.39 is 0 Å². The van der Waals surface area contributed by atoms with E-state index in [1.54, 1.807) is 24.5 Å². The molecule has 5 nitrogen and oxygen atoms in total. The number of benzene rings is 5. The second kappa shape index (κ2) is 11.6. The van der Waals surface area contributed by atoms with Crippen LogP contribution in [0.15, 0.2) is 152 Å². The Balaban J connectivity index is 1.28. The first-order chi connectivity index (χ1) is 23.2. The lowest BCUT2D eigenvalue weighted by Gasteiger charge is -2.11. The summed E-state index contributed by atoms with van der Waals surface area (Å²) in [6, 6.07) is 51.9. The fourth-order valence-corrected chi connectivity index (χ4v) is 6.27. The molecule has 0 aliphatic carbocycles. The van der Waals surface area contributed by atoms with E-state index in [4.69, 9.17) is 0 Å². The molecule has 218 valence electrons. The quantitative estimate of drug-likeness (QED) is 0.197. The van der Waals surface area contributed by atoms with Crippen LogP contribution >= 0.6 is 0 Å².